The number of hydrogen-bond acceptors (Lipinski definition) is 6. The van der Waals surface area contributed by atoms with E-state index in [2.05, 4.69) is 15.9 Å². The second-order valence-electron chi connectivity index (χ2n) is 5.93. The molecule has 0 aromatic carbocycles. The van der Waals surface area contributed by atoms with Crippen LogP contribution in [0.5, 0.6) is 0 Å². The van der Waals surface area contributed by atoms with Gasteiger partial charge in [-0.3, -0.25) is 9.59 Å². The molecule has 0 amide bonds. The molecule has 0 heterocycles. The van der Waals surface area contributed by atoms with E-state index in [1.807, 2.05) is 0 Å². The van der Waals surface area contributed by atoms with Gasteiger partial charge in [-0.15, -0.1) is 0 Å². The maximum atomic E-state index is 11.4. The molecule has 0 spiro atoms. The van der Waals surface area contributed by atoms with E-state index in [9.17, 15) is 14.4 Å². The van der Waals surface area contributed by atoms with Crippen LogP contribution in [0.25, 0.3) is 0 Å². The number of rotatable bonds is 12. The first-order chi connectivity index (χ1) is 11.1. The van der Waals surface area contributed by atoms with E-state index in [1.165, 1.54) is 0 Å². The second-order valence-corrected chi connectivity index (χ2v) is 6.78. The Balaban J connectivity index is 3.52. The van der Waals surface area contributed by atoms with Crippen molar-refractivity contribution >= 4 is 33.7 Å². The molecule has 0 aliphatic heterocycles. The minimum absolute atomic E-state index is 0.160. The smallest absolute Gasteiger partial charge is 0.342 e. The maximum absolute atomic E-state index is 11.4. The molecule has 8 heteroatoms. The number of ether oxygens (including phenoxy) is 3. The van der Waals surface area contributed by atoms with Gasteiger partial charge in [0.2, 0.25) is 0 Å². The zero-order chi connectivity index (χ0) is 18.6. The molecule has 0 radical (unpaired) electrons. The molecule has 0 aliphatic carbocycles. The summed E-state index contributed by atoms with van der Waals surface area (Å²) >= 11 is 2.79. The van der Waals surface area contributed by atoms with Crippen LogP contribution in [0.1, 0.15) is 40.0 Å². The summed E-state index contributed by atoms with van der Waals surface area (Å²) in [7, 11) is 0. The van der Waals surface area contributed by atoms with Crippen molar-refractivity contribution in [3.8, 4) is 0 Å². The Kier molecular flexibility index (Phi) is 11.5. The van der Waals surface area contributed by atoms with Gasteiger partial charge >= 0.3 is 11.9 Å². The number of carboxylic acids is 1. The Bertz CT molecular complexity index is 452. The number of ketones is 1. The van der Waals surface area contributed by atoms with Crippen molar-refractivity contribution in [2.75, 3.05) is 26.4 Å². The van der Waals surface area contributed by atoms with Gasteiger partial charge in [0.15, 0.2) is 5.78 Å². The molecule has 138 valence electrons. The van der Waals surface area contributed by atoms with E-state index < -0.39 is 11.6 Å². The fraction of sp³-hybridized carbons (Fsp3) is 0.688. The molecule has 0 aromatic heterocycles. The first-order valence-electron chi connectivity index (χ1n) is 7.62. The molecule has 0 rings (SSSR count). The van der Waals surface area contributed by atoms with Crippen molar-refractivity contribution in [2.24, 2.45) is 0 Å². The maximum Gasteiger partial charge on any atom is 0.342 e. The van der Waals surface area contributed by atoms with Crippen LogP contribution < -0.4 is 0 Å². The van der Waals surface area contributed by atoms with Gasteiger partial charge < -0.3 is 19.3 Å². The topological polar surface area (TPSA) is 99.1 Å². The average molecular weight is 409 g/mol. The van der Waals surface area contributed by atoms with Gasteiger partial charge in [0.25, 0.3) is 0 Å². The van der Waals surface area contributed by atoms with Crippen LogP contribution in [0.15, 0.2) is 10.6 Å². The van der Waals surface area contributed by atoms with Crippen LogP contribution in [-0.2, 0) is 28.6 Å². The number of carboxylic acid groups (broad SMARTS) is 1. The lowest BCUT2D eigenvalue weighted by Crippen LogP contribution is -2.24. The molecule has 7 nitrogen and oxygen atoms in total. The van der Waals surface area contributed by atoms with Gasteiger partial charge in [0.05, 0.1) is 26.2 Å². The van der Waals surface area contributed by atoms with E-state index >= 15 is 0 Å². The van der Waals surface area contributed by atoms with Gasteiger partial charge in [-0.25, -0.2) is 4.79 Å². The lowest BCUT2D eigenvalue weighted by molar-refractivity contribution is -0.156. The number of hydrogen-bond donors (Lipinski definition) is 1. The van der Waals surface area contributed by atoms with Crippen LogP contribution in [0.2, 0.25) is 0 Å². The van der Waals surface area contributed by atoms with Gasteiger partial charge in [0.1, 0.15) is 10.1 Å². The average Bonchev–Trinajstić information content (AvgIpc) is 2.43. The molecule has 0 saturated carbocycles. The third-order valence-electron chi connectivity index (χ3n) is 2.45. The highest BCUT2D eigenvalue weighted by atomic mass is 79.9. The predicted molar refractivity (Wildman–Crippen MR) is 91.0 cm³/mol. The number of aliphatic carboxylic acids is 1. The number of esters is 1. The van der Waals surface area contributed by atoms with Crippen LogP contribution >= 0.6 is 15.9 Å². The van der Waals surface area contributed by atoms with Crippen molar-refractivity contribution in [1.82, 2.24) is 0 Å². The number of carbonyl (C=O) groups is 3. The van der Waals surface area contributed by atoms with Crippen molar-refractivity contribution in [3.63, 3.8) is 0 Å². The van der Waals surface area contributed by atoms with Gasteiger partial charge in [-0.05, 0) is 43.1 Å². The molecular weight excluding hydrogens is 384 g/mol. The fourth-order valence-electron chi connectivity index (χ4n) is 1.49. The van der Waals surface area contributed by atoms with E-state index in [0.29, 0.717) is 26.2 Å². The summed E-state index contributed by atoms with van der Waals surface area (Å²) in [5.41, 5.74) is -0.493. The quantitative estimate of drug-likeness (QED) is 0.300. The molecule has 24 heavy (non-hydrogen) atoms. The normalized spacial score (nSPS) is 12.1. The molecule has 0 aromatic rings. The molecule has 0 unspecified atom stereocenters. The van der Waals surface area contributed by atoms with Crippen LogP contribution in [0.4, 0.5) is 0 Å². The molecule has 0 aliphatic rings. The summed E-state index contributed by atoms with van der Waals surface area (Å²) in [6.45, 7) is 6.77. The molecule has 0 fully saturated rings. The zero-order valence-electron chi connectivity index (χ0n) is 14.3. The van der Waals surface area contributed by atoms with Gasteiger partial charge in [0, 0.05) is 19.1 Å². The highest BCUT2D eigenvalue weighted by molar-refractivity contribution is 9.12. The summed E-state index contributed by atoms with van der Waals surface area (Å²) < 4.78 is 15.5. The molecule has 0 atom stereocenters. The largest absolute Gasteiger partial charge is 0.477 e. The van der Waals surface area contributed by atoms with E-state index in [0.717, 1.165) is 6.08 Å². The Hall–Kier alpha value is -1.25. The molecule has 0 bridgehead atoms. The second kappa shape index (κ2) is 12.2. The first-order valence-corrected chi connectivity index (χ1v) is 8.42. The van der Waals surface area contributed by atoms with Crippen LogP contribution in [0.3, 0.4) is 0 Å². The van der Waals surface area contributed by atoms with Gasteiger partial charge in [-0.2, -0.15) is 0 Å². The fourth-order valence-corrected chi connectivity index (χ4v) is 1.75. The highest BCUT2D eigenvalue weighted by Gasteiger charge is 2.15. The summed E-state index contributed by atoms with van der Waals surface area (Å²) in [5.74, 6) is -1.76. The van der Waals surface area contributed by atoms with Crippen LogP contribution in [0, 0.1) is 0 Å². The minimum atomic E-state index is -1.18. The van der Waals surface area contributed by atoms with Crippen molar-refractivity contribution in [2.45, 2.75) is 45.6 Å². The monoisotopic (exact) mass is 408 g/mol. The summed E-state index contributed by atoms with van der Waals surface area (Å²) in [6.07, 6.45) is 1.94. The summed E-state index contributed by atoms with van der Waals surface area (Å²) in [5, 5.41) is 8.60. The van der Waals surface area contributed by atoms with E-state index in [4.69, 9.17) is 19.3 Å². The number of carbonyl (C=O) groups excluding carboxylic acids is 2. The SMILES string of the molecule is CC(C)(C)OC(=O)CCOCCOCCCC(=O)/C=C(/Br)C(=O)O. The van der Waals surface area contributed by atoms with Crippen LogP contribution in [-0.4, -0.2) is 54.9 Å². The van der Waals surface area contributed by atoms with E-state index in [-0.39, 0.29) is 35.7 Å². The lowest BCUT2D eigenvalue weighted by atomic mass is 10.2. The minimum Gasteiger partial charge on any atom is -0.477 e. The first kappa shape index (κ1) is 22.8. The van der Waals surface area contributed by atoms with Gasteiger partial charge in [-0.1, -0.05) is 0 Å². The van der Waals surface area contributed by atoms with E-state index in [1.54, 1.807) is 20.8 Å². The lowest BCUT2D eigenvalue weighted by Gasteiger charge is -2.19. The third-order valence-corrected chi connectivity index (χ3v) is 3.01. The Morgan fingerprint density at radius 1 is 1.00 bits per heavy atom. The molecule has 0 saturated heterocycles. The Morgan fingerprint density at radius 2 is 1.58 bits per heavy atom. The standard InChI is InChI=1S/C16H25BrO7/c1-16(2,3)24-14(19)6-8-23-10-9-22-7-4-5-12(18)11-13(17)15(20)21/h11H,4-10H2,1-3H3,(H,20,21)/b13-11+. The molecular formula is C16H25BrO7. The third kappa shape index (κ3) is 14.3. The summed E-state index contributed by atoms with van der Waals surface area (Å²) in [4.78, 5) is 33.3. The van der Waals surface area contributed by atoms with Crippen molar-refractivity contribution in [3.05, 3.63) is 10.6 Å². The van der Waals surface area contributed by atoms with Crippen molar-refractivity contribution < 1.29 is 33.7 Å². The highest BCUT2D eigenvalue weighted by Crippen LogP contribution is 2.08. The Labute approximate surface area is 150 Å². The van der Waals surface area contributed by atoms with Crippen molar-refractivity contribution in [1.29, 1.82) is 0 Å². The number of allylic oxidation sites excluding steroid dienone is 1. The Morgan fingerprint density at radius 3 is 2.12 bits per heavy atom. The zero-order valence-corrected chi connectivity index (χ0v) is 15.9. The number of halogens is 1. The summed E-state index contributed by atoms with van der Waals surface area (Å²) in [6, 6.07) is 0. The molecule has 1 N–H and O–H groups in total. The predicted octanol–water partition coefficient (Wildman–Crippen LogP) is 2.46.